The smallest absolute Gasteiger partial charge is 0.319 e. The van der Waals surface area contributed by atoms with Gasteiger partial charge in [-0.2, -0.15) is 0 Å². The van der Waals surface area contributed by atoms with Crippen LogP contribution in [0.4, 0.5) is 10.5 Å². The number of carbonyl (C=O) groups excluding carboxylic acids is 2. The second-order valence-electron chi connectivity index (χ2n) is 4.07. The highest BCUT2D eigenvalue weighted by Crippen LogP contribution is 2.03. The van der Waals surface area contributed by atoms with E-state index < -0.39 is 12.1 Å². The van der Waals surface area contributed by atoms with Gasteiger partial charge in [0, 0.05) is 31.2 Å². The van der Waals surface area contributed by atoms with Gasteiger partial charge in [-0.15, -0.1) is 0 Å². The first kappa shape index (κ1) is 14.9. The average Bonchev–Trinajstić information content (AvgIpc) is 2.40. The molecule has 0 aliphatic carbocycles. The fourth-order valence-electron chi connectivity index (χ4n) is 1.67. The van der Waals surface area contributed by atoms with Crippen LogP contribution in [0.1, 0.15) is 20.8 Å². The van der Waals surface area contributed by atoms with Crippen molar-refractivity contribution in [3.05, 3.63) is 24.5 Å². The van der Waals surface area contributed by atoms with Gasteiger partial charge in [0.05, 0.1) is 0 Å². The van der Waals surface area contributed by atoms with Crippen LogP contribution in [0.2, 0.25) is 0 Å². The molecule has 0 unspecified atom stereocenters. The fourth-order valence-corrected chi connectivity index (χ4v) is 1.67. The van der Waals surface area contributed by atoms with Crippen LogP contribution < -0.4 is 10.6 Å². The van der Waals surface area contributed by atoms with Crippen LogP contribution in [0, 0.1) is 0 Å². The van der Waals surface area contributed by atoms with Crippen LogP contribution in [0.25, 0.3) is 0 Å². The van der Waals surface area contributed by atoms with Crippen molar-refractivity contribution < 1.29 is 9.59 Å². The van der Waals surface area contributed by atoms with Gasteiger partial charge >= 0.3 is 6.03 Å². The van der Waals surface area contributed by atoms with Crippen molar-refractivity contribution in [2.45, 2.75) is 26.8 Å². The Hall–Kier alpha value is -2.11. The van der Waals surface area contributed by atoms with Gasteiger partial charge in [-0.25, -0.2) is 4.79 Å². The number of aromatic nitrogens is 1. The maximum Gasteiger partial charge on any atom is 0.319 e. The summed E-state index contributed by atoms with van der Waals surface area (Å²) in [6, 6.07) is 2.40. The fraction of sp³-hybridized carbons (Fsp3) is 0.462. The Balaban J connectivity index is 2.50. The number of nitrogens with one attached hydrogen (secondary N) is 2. The third-order valence-corrected chi connectivity index (χ3v) is 2.73. The molecule has 0 aromatic carbocycles. The number of rotatable bonds is 5. The Bertz CT molecular complexity index is 418. The average molecular weight is 264 g/mol. The number of hydrogen-bond acceptors (Lipinski definition) is 3. The Morgan fingerprint density at radius 1 is 1.26 bits per heavy atom. The quantitative estimate of drug-likeness (QED) is 0.845. The maximum absolute atomic E-state index is 12.0. The Kier molecular flexibility index (Phi) is 5.78. The number of amides is 3. The van der Waals surface area contributed by atoms with E-state index in [0.717, 1.165) is 0 Å². The van der Waals surface area contributed by atoms with Crippen LogP contribution in [0.3, 0.4) is 0 Å². The summed E-state index contributed by atoms with van der Waals surface area (Å²) in [5.41, 5.74) is 0.634. The number of likely N-dealkylation sites (N-methyl/N-ethyl adjacent to an activating group) is 1. The van der Waals surface area contributed by atoms with Gasteiger partial charge in [0.25, 0.3) is 0 Å². The van der Waals surface area contributed by atoms with E-state index in [4.69, 9.17) is 0 Å². The molecule has 0 radical (unpaired) electrons. The van der Waals surface area contributed by atoms with Crippen LogP contribution in [0.5, 0.6) is 0 Å². The van der Waals surface area contributed by atoms with Gasteiger partial charge in [0.1, 0.15) is 6.04 Å². The number of carbonyl (C=O) groups is 2. The molecule has 104 valence electrons. The minimum atomic E-state index is -0.554. The Morgan fingerprint density at radius 2 is 1.84 bits per heavy atom. The highest BCUT2D eigenvalue weighted by Gasteiger charge is 2.19. The molecule has 0 saturated heterocycles. The molecule has 0 aliphatic rings. The normalized spacial score (nSPS) is 11.5. The van der Waals surface area contributed by atoms with E-state index in [1.54, 1.807) is 36.4 Å². The summed E-state index contributed by atoms with van der Waals surface area (Å²) in [7, 11) is 0. The lowest BCUT2D eigenvalue weighted by atomic mass is 10.3. The monoisotopic (exact) mass is 264 g/mol. The van der Waals surface area contributed by atoms with Crippen molar-refractivity contribution in [1.82, 2.24) is 15.2 Å². The molecule has 1 aromatic heterocycles. The van der Waals surface area contributed by atoms with Crippen molar-refractivity contribution in [2.24, 2.45) is 0 Å². The van der Waals surface area contributed by atoms with E-state index in [9.17, 15) is 9.59 Å². The lowest BCUT2D eigenvalue weighted by Gasteiger charge is -2.23. The second kappa shape index (κ2) is 7.35. The Morgan fingerprint density at radius 3 is 2.37 bits per heavy atom. The first-order valence-electron chi connectivity index (χ1n) is 6.34. The van der Waals surface area contributed by atoms with Crippen molar-refractivity contribution in [3.63, 3.8) is 0 Å². The third kappa shape index (κ3) is 4.57. The lowest BCUT2D eigenvalue weighted by Crippen LogP contribution is -2.48. The Labute approximate surface area is 113 Å². The van der Waals surface area contributed by atoms with Gasteiger partial charge in [-0.1, -0.05) is 0 Å². The molecule has 6 nitrogen and oxygen atoms in total. The van der Waals surface area contributed by atoms with Crippen LogP contribution in [-0.2, 0) is 4.79 Å². The molecular weight excluding hydrogens is 244 g/mol. The first-order valence-corrected chi connectivity index (χ1v) is 6.34. The third-order valence-electron chi connectivity index (χ3n) is 2.73. The topological polar surface area (TPSA) is 74.3 Å². The second-order valence-corrected chi connectivity index (χ2v) is 4.07. The number of nitrogens with zero attached hydrogens (tertiary/aromatic N) is 2. The molecule has 0 saturated carbocycles. The predicted octanol–water partition coefficient (Wildman–Crippen LogP) is 1.46. The number of pyridine rings is 1. The van der Waals surface area contributed by atoms with E-state index >= 15 is 0 Å². The molecule has 1 aromatic rings. The van der Waals surface area contributed by atoms with E-state index in [2.05, 4.69) is 15.6 Å². The summed E-state index contributed by atoms with van der Waals surface area (Å²) >= 11 is 0. The van der Waals surface area contributed by atoms with E-state index in [-0.39, 0.29) is 5.91 Å². The highest BCUT2D eigenvalue weighted by molar-refractivity contribution is 5.93. The van der Waals surface area contributed by atoms with Gasteiger partial charge in [0.15, 0.2) is 0 Å². The minimum Gasteiger partial charge on any atom is -0.341 e. The SMILES string of the molecule is CCN(CC)C(=O)[C@H](C)NC(=O)Nc1ccncc1. The molecule has 6 heteroatoms. The summed E-state index contributed by atoms with van der Waals surface area (Å²) in [5, 5.41) is 5.26. The summed E-state index contributed by atoms with van der Waals surface area (Å²) in [6.45, 7) is 6.75. The zero-order valence-electron chi connectivity index (χ0n) is 11.5. The summed E-state index contributed by atoms with van der Waals surface area (Å²) in [4.78, 5) is 29.2. The van der Waals surface area contributed by atoms with Gasteiger partial charge < -0.3 is 15.5 Å². The van der Waals surface area contributed by atoms with Gasteiger partial charge in [-0.3, -0.25) is 9.78 Å². The minimum absolute atomic E-state index is 0.0881. The van der Waals surface area contributed by atoms with Crippen LogP contribution >= 0.6 is 0 Å². The zero-order chi connectivity index (χ0) is 14.3. The zero-order valence-corrected chi connectivity index (χ0v) is 11.5. The molecule has 1 atom stereocenters. The molecule has 0 aliphatic heterocycles. The predicted molar refractivity (Wildman–Crippen MR) is 73.8 cm³/mol. The summed E-state index contributed by atoms with van der Waals surface area (Å²) in [5.74, 6) is -0.0881. The molecule has 19 heavy (non-hydrogen) atoms. The largest absolute Gasteiger partial charge is 0.341 e. The van der Waals surface area contributed by atoms with Crippen molar-refractivity contribution in [3.8, 4) is 0 Å². The molecule has 1 heterocycles. The molecule has 0 spiro atoms. The number of anilines is 1. The molecule has 0 bridgehead atoms. The maximum atomic E-state index is 12.0. The summed E-state index contributed by atoms with van der Waals surface area (Å²) < 4.78 is 0. The molecular formula is C13H20N4O2. The number of hydrogen-bond donors (Lipinski definition) is 2. The van der Waals surface area contributed by atoms with Crippen molar-refractivity contribution in [1.29, 1.82) is 0 Å². The highest BCUT2D eigenvalue weighted by atomic mass is 16.2. The number of urea groups is 1. The van der Waals surface area contributed by atoms with Gasteiger partial charge in [-0.05, 0) is 32.9 Å². The van der Waals surface area contributed by atoms with E-state index in [1.165, 1.54) is 0 Å². The summed E-state index contributed by atoms with van der Waals surface area (Å²) in [6.07, 6.45) is 3.17. The van der Waals surface area contributed by atoms with Crippen molar-refractivity contribution >= 4 is 17.6 Å². The molecule has 1 rings (SSSR count). The standard InChI is InChI=1S/C13H20N4O2/c1-4-17(5-2)12(18)10(3)15-13(19)16-11-6-8-14-9-7-11/h6-10H,4-5H2,1-3H3,(H2,14,15,16,19)/t10-/m0/s1. The molecule has 2 N–H and O–H groups in total. The van der Waals surface area contributed by atoms with Crippen molar-refractivity contribution in [2.75, 3.05) is 18.4 Å². The molecule has 0 fully saturated rings. The van der Waals surface area contributed by atoms with Gasteiger partial charge in [0.2, 0.25) is 5.91 Å². The van der Waals surface area contributed by atoms with E-state index in [0.29, 0.717) is 18.8 Å². The van der Waals surface area contributed by atoms with Crippen LogP contribution in [0.15, 0.2) is 24.5 Å². The van der Waals surface area contributed by atoms with E-state index in [1.807, 2.05) is 13.8 Å². The molecule has 3 amide bonds. The van der Waals surface area contributed by atoms with Crippen LogP contribution in [-0.4, -0.2) is 41.0 Å². The first-order chi connectivity index (χ1) is 9.08. The lowest BCUT2D eigenvalue weighted by molar-refractivity contribution is -0.132.